The van der Waals surface area contributed by atoms with Crippen molar-refractivity contribution in [2.45, 2.75) is 19.6 Å². The van der Waals surface area contributed by atoms with Gasteiger partial charge in [0.1, 0.15) is 11.5 Å². The molecule has 25 heavy (non-hydrogen) atoms. The van der Waals surface area contributed by atoms with Gasteiger partial charge in [0.05, 0.1) is 31.0 Å². The quantitative estimate of drug-likeness (QED) is 0.827. The van der Waals surface area contributed by atoms with E-state index in [0.29, 0.717) is 17.1 Å². The highest BCUT2D eigenvalue weighted by Gasteiger charge is 2.21. The molecule has 0 saturated carbocycles. The summed E-state index contributed by atoms with van der Waals surface area (Å²) in [5.41, 5.74) is 0.511. The van der Waals surface area contributed by atoms with Crippen LogP contribution < -0.4 is 10.1 Å². The van der Waals surface area contributed by atoms with Crippen molar-refractivity contribution in [2.24, 2.45) is 0 Å². The van der Waals surface area contributed by atoms with Crippen LogP contribution in [-0.4, -0.2) is 36.4 Å². The van der Waals surface area contributed by atoms with E-state index >= 15 is 0 Å². The third-order valence-electron chi connectivity index (χ3n) is 3.44. The predicted molar refractivity (Wildman–Crippen MR) is 89.4 cm³/mol. The number of carbonyl (C=O) groups excluding carboxylic acids is 2. The fourth-order valence-electron chi connectivity index (χ4n) is 2.12. The molecule has 0 bridgehead atoms. The Hall–Kier alpha value is -3.27. The van der Waals surface area contributed by atoms with E-state index in [4.69, 9.17) is 14.4 Å². The Bertz CT molecular complexity index is 748. The molecule has 7 heteroatoms. The van der Waals surface area contributed by atoms with Crippen LogP contribution in [0, 0.1) is 11.3 Å². The highest BCUT2D eigenvalue weighted by molar-refractivity contribution is 5.86. The summed E-state index contributed by atoms with van der Waals surface area (Å²) in [7, 11) is 1.54. The molecule has 1 aromatic heterocycles. The second-order valence-electron chi connectivity index (χ2n) is 5.45. The second-order valence-corrected chi connectivity index (χ2v) is 5.45. The van der Waals surface area contributed by atoms with Gasteiger partial charge in [-0.1, -0.05) is 0 Å². The third-order valence-corrected chi connectivity index (χ3v) is 3.44. The first-order valence-electron chi connectivity index (χ1n) is 7.70. The number of amides is 2. The number of benzene rings is 1. The normalized spacial score (nSPS) is 11.2. The molecule has 1 atom stereocenters. The van der Waals surface area contributed by atoms with Crippen molar-refractivity contribution in [2.75, 3.05) is 13.6 Å². The summed E-state index contributed by atoms with van der Waals surface area (Å²) >= 11 is 0. The predicted octanol–water partition coefficient (Wildman–Crippen LogP) is 1.69. The van der Waals surface area contributed by atoms with Crippen LogP contribution in [0.15, 0.2) is 47.1 Å². The minimum Gasteiger partial charge on any atom is -0.481 e. The van der Waals surface area contributed by atoms with E-state index in [9.17, 15) is 9.59 Å². The molecular formula is C18H19N3O4. The number of carbonyl (C=O) groups is 2. The number of hydrogen-bond acceptors (Lipinski definition) is 5. The number of furan rings is 1. The molecule has 1 N–H and O–H groups in total. The summed E-state index contributed by atoms with van der Waals surface area (Å²) < 4.78 is 10.7. The van der Waals surface area contributed by atoms with Crippen LogP contribution in [-0.2, 0) is 16.1 Å². The van der Waals surface area contributed by atoms with Gasteiger partial charge >= 0.3 is 0 Å². The molecule has 2 amide bonds. The van der Waals surface area contributed by atoms with Crippen molar-refractivity contribution >= 4 is 11.8 Å². The Morgan fingerprint density at radius 2 is 2.04 bits per heavy atom. The summed E-state index contributed by atoms with van der Waals surface area (Å²) in [6, 6.07) is 12.0. The zero-order valence-corrected chi connectivity index (χ0v) is 14.1. The van der Waals surface area contributed by atoms with Crippen LogP contribution >= 0.6 is 0 Å². The summed E-state index contributed by atoms with van der Waals surface area (Å²) in [5, 5.41) is 11.4. The average Bonchev–Trinajstić information content (AvgIpc) is 3.13. The SMILES string of the molecule is C[C@@H](Oc1ccc(C#N)cc1)C(=O)N(C)CC(=O)NCc1ccco1. The van der Waals surface area contributed by atoms with Gasteiger partial charge in [-0.3, -0.25) is 9.59 Å². The minimum atomic E-state index is -0.754. The zero-order valence-electron chi connectivity index (χ0n) is 14.1. The van der Waals surface area contributed by atoms with E-state index in [-0.39, 0.29) is 24.9 Å². The van der Waals surface area contributed by atoms with Gasteiger partial charge in [0, 0.05) is 7.05 Å². The van der Waals surface area contributed by atoms with Crippen LogP contribution in [0.25, 0.3) is 0 Å². The Morgan fingerprint density at radius 3 is 2.64 bits per heavy atom. The van der Waals surface area contributed by atoms with Crippen LogP contribution in [0.5, 0.6) is 5.75 Å². The molecule has 0 fully saturated rings. The largest absolute Gasteiger partial charge is 0.481 e. The fourth-order valence-corrected chi connectivity index (χ4v) is 2.12. The fraction of sp³-hybridized carbons (Fsp3) is 0.278. The van der Waals surface area contributed by atoms with E-state index in [0.717, 1.165) is 0 Å². The van der Waals surface area contributed by atoms with Gasteiger partial charge < -0.3 is 19.4 Å². The van der Waals surface area contributed by atoms with Crippen LogP contribution in [0.3, 0.4) is 0 Å². The van der Waals surface area contributed by atoms with E-state index in [1.165, 1.54) is 18.2 Å². The lowest BCUT2D eigenvalue weighted by Crippen LogP contribution is -2.43. The molecule has 0 aliphatic carbocycles. The third kappa shape index (κ3) is 5.39. The molecule has 0 spiro atoms. The molecule has 0 radical (unpaired) electrons. The van der Waals surface area contributed by atoms with Crippen LogP contribution in [0.1, 0.15) is 18.2 Å². The van der Waals surface area contributed by atoms with Crippen molar-refractivity contribution in [3.05, 3.63) is 54.0 Å². The first-order chi connectivity index (χ1) is 12.0. The number of nitrogens with one attached hydrogen (secondary N) is 1. The molecule has 130 valence electrons. The first kappa shape index (κ1) is 18.1. The zero-order chi connectivity index (χ0) is 18.2. The smallest absolute Gasteiger partial charge is 0.263 e. The maximum absolute atomic E-state index is 12.3. The highest BCUT2D eigenvalue weighted by atomic mass is 16.5. The van der Waals surface area contributed by atoms with E-state index in [2.05, 4.69) is 5.32 Å². The monoisotopic (exact) mass is 341 g/mol. The van der Waals surface area contributed by atoms with Crippen LogP contribution in [0.4, 0.5) is 0 Å². The Balaban J connectivity index is 1.81. The molecule has 2 aromatic rings. The van der Waals surface area contributed by atoms with Gasteiger partial charge in [0.15, 0.2) is 6.10 Å². The molecule has 0 aliphatic rings. The lowest BCUT2D eigenvalue weighted by atomic mass is 10.2. The maximum atomic E-state index is 12.3. The van der Waals surface area contributed by atoms with Gasteiger partial charge in [0.2, 0.25) is 5.91 Å². The van der Waals surface area contributed by atoms with Gasteiger partial charge in [-0.25, -0.2) is 0 Å². The second kappa shape index (κ2) is 8.55. The number of nitrogens with zero attached hydrogens (tertiary/aromatic N) is 2. The molecule has 0 unspecified atom stereocenters. The Morgan fingerprint density at radius 1 is 1.32 bits per heavy atom. The van der Waals surface area contributed by atoms with Gasteiger partial charge in [-0.2, -0.15) is 5.26 Å². The van der Waals surface area contributed by atoms with Crippen molar-refractivity contribution in [3.8, 4) is 11.8 Å². The topological polar surface area (TPSA) is 95.6 Å². The van der Waals surface area contributed by atoms with Gasteiger partial charge in [-0.05, 0) is 43.3 Å². The molecular weight excluding hydrogens is 322 g/mol. The van der Waals surface area contributed by atoms with E-state index in [1.807, 2.05) is 6.07 Å². The first-order valence-corrected chi connectivity index (χ1v) is 7.70. The molecule has 0 aliphatic heterocycles. The van der Waals surface area contributed by atoms with Gasteiger partial charge in [-0.15, -0.1) is 0 Å². The van der Waals surface area contributed by atoms with Crippen molar-refractivity contribution in [1.82, 2.24) is 10.2 Å². The summed E-state index contributed by atoms with van der Waals surface area (Å²) in [6.45, 7) is 1.80. The lowest BCUT2D eigenvalue weighted by molar-refractivity contribution is -0.140. The number of likely N-dealkylation sites (N-methyl/N-ethyl adjacent to an activating group) is 1. The van der Waals surface area contributed by atoms with Crippen LogP contribution in [0.2, 0.25) is 0 Å². The van der Waals surface area contributed by atoms with E-state index < -0.39 is 6.10 Å². The number of rotatable bonds is 7. The summed E-state index contributed by atoms with van der Waals surface area (Å²) in [4.78, 5) is 25.5. The molecule has 1 heterocycles. The maximum Gasteiger partial charge on any atom is 0.263 e. The summed E-state index contributed by atoms with van der Waals surface area (Å²) in [6.07, 6.45) is 0.773. The van der Waals surface area contributed by atoms with E-state index in [1.54, 1.807) is 43.3 Å². The van der Waals surface area contributed by atoms with Crippen molar-refractivity contribution in [3.63, 3.8) is 0 Å². The lowest BCUT2D eigenvalue weighted by Gasteiger charge is -2.21. The molecule has 7 nitrogen and oxygen atoms in total. The summed E-state index contributed by atoms with van der Waals surface area (Å²) in [5.74, 6) is 0.505. The Labute approximate surface area is 145 Å². The van der Waals surface area contributed by atoms with Gasteiger partial charge in [0.25, 0.3) is 5.91 Å². The van der Waals surface area contributed by atoms with Crippen molar-refractivity contribution in [1.29, 1.82) is 5.26 Å². The van der Waals surface area contributed by atoms with Crippen molar-refractivity contribution < 1.29 is 18.7 Å². The standard InChI is InChI=1S/C18H19N3O4/c1-13(25-15-7-5-14(10-19)6-8-15)18(23)21(2)12-17(22)20-11-16-4-3-9-24-16/h3-9,13H,11-12H2,1-2H3,(H,20,22)/t13-/m1/s1. The molecule has 0 saturated heterocycles. The molecule has 2 rings (SSSR count). The highest BCUT2D eigenvalue weighted by Crippen LogP contribution is 2.14. The average molecular weight is 341 g/mol. The molecule has 1 aromatic carbocycles. The minimum absolute atomic E-state index is 0.0827. The number of hydrogen-bond donors (Lipinski definition) is 1. The Kier molecular flexibility index (Phi) is 6.18. The number of nitriles is 1. The number of ether oxygens (including phenoxy) is 1.